The van der Waals surface area contributed by atoms with E-state index in [4.69, 9.17) is 6.42 Å². The highest BCUT2D eigenvalue weighted by atomic mass is 16.6. The van der Waals surface area contributed by atoms with Crippen LogP contribution >= 0.6 is 0 Å². The van der Waals surface area contributed by atoms with Gasteiger partial charge in [-0.25, -0.2) is 0 Å². The molecule has 0 saturated carbocycles. The number of carbonyl (C=O) groups excluding carboxylic acids is 3. The lowest BCUT2D eigenvalue weighted by atomic mass is 10.2. The lowest BCUT2D eigenvalue weighted by molar-refractivity contribution is -0.384. The third-order valence-electron chi connectivity index (χ3n) is 3.84. The van der Waals surface area contributed by atoms with Crippen molar-refractivity contribution in [1.29, 1.82) is 0 Å². The Morgan fingerprint density at radius 3 is 2.59 bits per heavy atom. The summed E-state index contributed by atoms with van der Waals surface area (Å²) in [7, 11) is 1.42. The quantitative estimate of drug-likeness (QED) is 0.418. The highest BCUT2D eigenvalue weighted by Gasteiger charge is 2.16. The molecule has 2 N–H and O–H groups in total. The van der Waals surface area contributed by atoms with E-state index in [0.29, 0.717) is 11.3 Å². The first kappa shape index (κ1) is 21.1. The molecule has 0 unspecified atom stereocenters. The Balaban J connectivity index is 1.86. The SMILES string of the molecule is C#Cc1cccc(NC(=O)CN(C)C(=O)CNC(=O)c2cccc([N+](=O)[O-])c2)c1. The molecule has 0 radical (unpaired) electrons. The number of nitrogens with one attached hydrogen (secondary N) is 2. The molecule has 0 saturated heterocycles. The number of nitro benzene ring substituents is 1. The summed E-state index contributed by atoms with van der Waals surface area (Å²) in [4.78, 5) is 47.6. The second-order valence-corrected chi connectivity index (χ2v) is 6.01. The van der Waals surface area contributed by atoms with Crippen LogP contribution in [0.4, 0.5) is 11.4 Å². The molecule has 29 heavy (non-hydrogen) atoms. The Morgan fingerprint density at radius 1 is 1.17 bits per heavy atom. The summed E-state index contributed by atoms with van der Waals surface area (Å²) < 4.78 is 0. The molecule has 0 aliphatic rings. The predicted molar refractivity (Wildman–Crippen MR) is 106 cm³/mol. The minimum absolute atomic E-state index is 0.0563. The topological polar surface area (TPSA) is 122 Å². The lowest BCUT2D eigenvalue weighted by Crippen LogP contribution is -2.41. The van der Waals surface area contributed by atoms with Crippen molar-refractivity contribution < 1.29 is 19.3 Å². The Kier molecular flexibility index (Phi) is 7.03. The number of non-ortho nitro benzene ring substituents is 1. The minimum Gasteiger partial charge on any atom is -0.343 e. The average Bonchev–Trinajstić information content (AvgIpc) is 2.71. The van der Waals surface area contributed by atoms with Crippen LogP contribution in [0.2, 0.25) is 0 Å². The molecule has 0 bridgehead atoms. The molecule has 0 fully saturated rings. The number of carbonyl (C=O) groups is 3. The fourth-order valence-electron chi connectivity index (χ4n) is 2.34. The van der Waals surface area contributed by atoms with Crippen molar-refractivity contribution in [3.05, 3.63) is 69.8 Å². The van der Waals surface area contributed by atoms with Crippen molar-refractivity contribution in [3.8, 4) is 12.3 Å². The number of rotatable bonds is 7. The largest absolute Gasteiger partial charge is 0.343 e. The maximum absolute atomic E-state index is 12.1. The van der Waals surface area contributed by atoms with Gasteiger partial charge in [-0.2, -0.15) is 0 Å². The number of amides is 3. The third kappa shape index (κ3) is 6.18. The van der Waals surface area contributed by atoms with E-state index < -0.39 is 22.6 Å². The molecule has 2 aromatic carbocycles. The van der Waals surface area contributed by atoms with E-state index >= 15 is 0 Å². The normalized spacial score (nSPS) is 9.79. The summed E-state index contributed by atoms with van der Waals surface area (Å²) in [6, 6.07) is 11.8. The number of anilines is 1. The van der Waals surface area contributed by atoms with E-state index in [1.807, 2.05) is 0 Å². The summed E-state index contributed by atoms with van der Waals surface area (Å²) in [6.07, 6.45) is 5.31. The molecule has 2 rings (SSSR count). The van der Waals surface area contributed by atoms with Gasteiger partial charge < -0.3 is 15.5 Å². The van der Waals surface area contributed by atoms with Gasteiger partial charge in [-0.05, 0) is 24.3 Å². The maximum Gasteiger partial charge on any atom is 0.270 e. The van der Waals surface area contributed by atoms with Gasteiger partial charge in [0.2, 0.25) is 11.8 Å². The standard InChI is InChI=1S/C20H18N4O5/c1-3-14-6-4-8-16(10-14)22-18(25)13-23(2)19(26)12-21-20(27)15-7-5-9-17(11-15)24(28)29/h1,4-11H,12-13H2,2H3,(H,21,27)(H,22,25). The van der Waals surface area contributed by atoms with Crippen LogP contribution in [0.25, 0.3) is 0 Å². The summed E-state index contributed by atoms with van der Waals surface area (Å²) in [5, 5.41) is 15.8. The van der Waals surface area contributed by atoms with Crippen LogP contribution in [-0.4, -0.2) is 47.7 Å². The Bertz CT molecular complexity index is 996. The van der Waals surface area contributed by atoms with E-state index in [1.54, 1.807) is 24.3 Å². The van der Waals surface area contributed by atoms with Crippen LogP contribution in [-0.2, 0) is 9.59 Å². The van der Waals surface area contributed by atoms with Gasteiger partial charge in [-0.3, -0.25) is 24.5 Å². The zero-order chi connectivity index (χ0) is 21.4. The average molecular weight is 394 g/mol. The fraction of sp³-hybridized carbons (Fsp3) is 0.150. The van der Waals surface area contributed by atoms with Crippen LogP contribution < -0.4 is 10.6 Å². The fourth-order valence-corrected chi connectivity index (χ4v) is 2.34. The molecule has 0 aromatic heterocycles. The Hall–Kier alpha value is -4.19. The van der Waals surface area contributed by atoms with E-state index in [0.717, 1.165) is 11.0 Å². The summed E-state index contributed by atoms with van der Waals surface area (Å²) in [5.74, 6) is 0.889. The second-order valence-electron chi connectivity index (χ2n) is 6.01. The predicted octanol–water partition coefficient (Wildman–Crippen LogP) is 1.40. The van der Waals surface area contributed by atoms with Crippen LogP contribution in [0.1, 0.15) is 15.9 Å². The highest BCUT2D eigenvalue weighted by molar-refractivity contribution is 5.98. The van der Waals surface area contributed by atoms with Crippen molar-refractivity contribution in [3.63, 3.8) is 0 Å². The van der Waals surface area contributed by atoms with Crippen molar-refractivity contribution >= 4 is 29.1 Å². The van der Waals surface area contributed by atoms with E-state index in [2.05, 4.69) is 16.6 Å². The lowest BCUT2D eigenvalue weighted by Gasteiger charge is -2.17. The van der Waals surface area contributed by atoms with Gasteiger partial charge >= 0.3 is 0 Å². The number of terminal acetylenes is 1. The molecule has 0 aliphatic heterocycles. The first-order chi connectivity index (χ1) is 13.8. The van der Waals surface area contributed by atoms with Gasteiger partial charge in [-0.15, -0.1) is 6.42 Å². The number of hydrogen-bond donors (Lipinski definition) is 2. The molecule has 9 heteroatoms. The van der Waals surface area contributed by atoms with Crippen LogP contribution in [0.15, 0.2) is 48.5 Å². The van der Waals surface area contributed by atoms with Crippen molar-refractivity contribution in [2.24, 2.45) is 0 Å². The molecule has 0 aliphatic carbocycles. The first-order valence-corrected chi connectivity index (χ1v) is 8.43. The number of hydrogen-bond acceptors (Lipinski definition) is 5. The molecular formula is C20H18N4O5. The molecule has 0 heterocycles. The van der Waals surface area contributed by atoms with Gasteiger partial charge in [0.25, 0.3) is 11.6 Å². The second kappa shape index (κ2) is 9.66. The first-order valence-electron chi connectivity index (χ1n) is 8.43. The molecule has 9 nitrogen and oxygen atoms in total. The van der Waals surface area contributed by atoms with Gasteiger partial charge in [0.15, 0.2) is 0 Å². The van der Waals surface area contributed by atoms with Crippen LogP contribution in [0, 0.1) is 22.5 Å². The maximum atomic E-state index is 12.1. The number of nitrogens with zero attached hydrogens (tertiary/aromatic N) is 2. The Morgan fingerprint density at radius 2 is 1.90 bits per heavy atom. The molecule has 148 valence electrons. The molecule has 3 amide bonds. The summed E-state index contributed by atoms with van der Waals surface area (Å²) in [5.41, 5.74) is 0.939. The Labute approximate surface area is 166 Å². The summed E-state index contributed by atoms with van der Waals surface area (Å²) in [6.45, 7) is -0.594. The van der Waals surface area contributed by atoms with Gasteiger partial charge in [-0.1, -0.05) is 18.1 Å². The zero-order valence-corrected chi connectivity index (χ0v) is 15.5. The molecule has 0 spiro atoms. The molecular weight excluding hydrogens is 376 g/mol. The number of nitro groups is 1. The molecule has 0 atom stereocenters. The smallest absolute Gasteiger partial charge is 0.270 e. The van der Waals surface area contributed by atoms with Gasteiger partial charge in [0.1, 0.15) is 0 Å². The van der Waals surface area contributed by atoms with E-state index in [-0.39, 0.29) is 24.3 Å². The zero-order valence-electron chi connectivity index (χ0n) is 15.5. The summed E-state index contributed by atoms with van der Waals surface area (Å²) >= 11 is 0. The van der Waals surface area contributed by atoms with E-state index in [1.165, 1.54) is 25.2 Å². The minimum atomic E-state index is -0.633. The van der Waals surface area contributed by atoms with E-state index in [9.17, 15) is 24.5 Å². The van der Waals surface area contributed by atoms with Crippen molar-refractivity contribution in [2.75, 3.05) is 25.5 Å². The number of benzene rings is 2. The molecule has 2 aromatic rings. The third-order valence-corrected chi connectivity index (χ3v) is 3.84. The number of likely N-dealkylation sites (N-methyl/N-ethyl adjacent to an activating group) is 1. The van der Waals surface area contributed by atoms with Crippen LogP contribution in [0.3, 0.4) is 0 Å². The van der Waals surface area contributed by atoms with Crippen molar-refractivity contribution in [1.82, 2.24) is 10.2 Å². The van der Waals surface area contributed by atoms with Crippen molar-refractivity contribution in [2.45, 2.75) is 0 Å². The van der Waals surface area contributed by atoms with Gasteiger partial charge in [0.05, 0.1) is 18.0 Å². The van der Waals surface area contributed by atoms with Gasteiger partial charge in [0, 0.05) is 36.0 Å². The van der Waals surface area contributed by atoms with Crippen LogP contribution in [0.5, 0.6) is 0 Å². The highest BCUT2D eigenvalue weighted by Crippen LogP contribution is 2.13. The monoisotopic (exact) mass is 394 g/mol.